The van der Waals surface area contributed by atoms with Crippen LogP contribution in [0.15, 0.2) is 0 Å². The fourth-order valence-corrected chi connectivity index (χ4v) is 1.74. The van der Waals surface area contributed by atoms with Crippen molar-refractivity contribution in [3.8, 4) is 12.3 Å². The predicted molar refractivity (Wildman–Crippen MR) is 53.3 cm³/mol. The van der Waals surface area contributed by atoms with Crippen LogP contribution in [0, 0.1) is 17.8 Å². The summed E-state index contributed by atoms with van der Waals surface area (Å²) in [5.41, 5.74) is -0.109. The van der Waals surface area contributed by atoms with Gasteiger partial charge in [0.25, 0.3) is 0 Å². The summed E-state index contributed by atoms with van der Waals surface area (Å²) in [4.78, 5) is 11.8. The van der Waals surface area contributed by atoms with Crippen molar-refractivity contribution in [1.82, 2.24) is 5.32 Å². The molecule has 0 aromatic heterocycles. The summed E-state index contributed by atoms with van der Waals surface area (Å²) in [7, 11) is 0. The van der Waals surface area contributed by atoms with Gasteiger partial charge in [-0.15, -0.1) is 12.3 Å². The van der Waals surface area contributed by atoms with Crippen LogP contribution < -0.4 is 5.32 Å². The Morgan fingerprint density at radius 2 is 2.15 bits per heavy atom. The number of terminal acetylenes is 1. The van der Waals surface area contributed by atoms with Crippen LogP contribution in [-0.4, -0.2) is 18.9 Å². The van der Waals surface area contributed by atoms with Gasteiger partial charge in [0.1, 0.15) is 5.78 Å². The Kier molecular flexibility index (Phi) is 3.50. The van der Waals surface area contributed by atoms with Gasteiger partial charge in [-0.2, -0.15) is 0 Å². The molecular weight excluding hydrogens is 162 g/mol. The maximum Gasteiger partial charge on any atom is 0.139 e. The molecule has 0 radical (unpaired) electrons. The van der Waals surface area contributed by atoms with Crippen LogP contribution in [-0.2, 0) is 4.79 Å². The normalized spacial score (nSPS) is 20.6. The van der Waals surface area contributed by atoms with E-state index in [9.17, 15) is 4.79 Å². The van der Waals surface area contributed by atoms with Gasteiger partial charge in [0.2, 0.25) is 0 Å². The Morgan fingerprint density at radius 1 is 1.54 bits per heavy atom. The monoisotopic (exact) mass is 179 g/mol. The first-order valence-corrected chi connectivity index (χ1v) is 4.86. The van der Waals surface area contributed by atoms with E-state index in [2.05, 4.69) is 18.2 Å². The molecule has 2 nitrogen and oxygen atoms in total. The molecule has 0 aliphatic carbocycles. The van der Waals surface area contributed by atoms with Gasteiger partial charge in [-0.05, 0) is 25.9 Å². The smallest absolute Gasteiger partial charge is 0.139 e. The summed E-state index contributed by atoms with van der Waals surface area (Å²) in [6.07, 6.45) is 8.18. The zero-order chi connectivity index (χ0) is 9.73. The molecular formula is C11H17NO. The zero-order valence-corrected chi connectivity index (χ0v) is 8.23. The predicted octanol–water partition coefficient (Wildman–Crippen LogP) is 1.36. The van der Waals surface area contributed by atoms with Crippen LogP contribution in [0.4, 0.5) is 0 Å². The van der Waals surface area contributed by atoms with Crippen molar-refractivity contribution >= 4 is 5.78 Å². The zero-order valence-electron chi connectivity index (χ0n) is 8.23. The Hall–Kier alpha value is -0.810. The maximum atomic E-state index is 11.8. The number of Topliss-reactive ketones (excluding diaryl/α,β-unsaturated/α-hetero) is 1. The molecule has 13 heavy (non-hydrogen) atoms. The number of carbonyl (C=O) groups is 1. The third-order valence-electron chi connectivity index (χ3n) is 2.88. The van der Waals surface area contributed by atoms with Crippen LogP contribution >= 0.6 is 0 Å². The fourth-order valence-electron chi connectivity index (χ4n) is 1.74. The van der Waals surface area contributed by atoms with Crippen molar-refractivity contribution in [3.05, 3.63) is 0 Å². The van der Waals surface area contributed by atoms with Gasteiger partial charge in [-0.25, -0.2) is 0 Å². The van der Waals surface area contributed by atoms with Crippen LogP contribution in [0.5, 0.6) is 0 Å². The fraction of sp³-hybridized carbons (Fsp3) is 0.727. The van der Waals surface area contributed by atoms with Gasteiger partial charge in [0.15, 0.2) is 0 Å². The highest BCUT2D eigenvalue weighted by Gasteiger charge is 2.33. The largest absolute Gasteiger partial charge is 0.317 e. The second-order valence-corrected chi connectivity index (χ2v) is 3.94. The van der Waals surface area contributed by atoms with E-state index in [0.717, 1.165) is 25.9 Å². The molecule has 0 spiro atoms. The number of piperidine rings is 1. The number of rotatable bonds is 3. The van der Waals surface area contributed by atoms with E-state index in [1.807, 2.05) is 0 Å². The quantitative estimate of drug-likeness (QED) is 0.663. The topological polar surface area (TPSA) is 29.1 Å². The van der Waals surface area contributed by atoms with Gasteiger partial charge in [-0.3, -0.25) is 4.79 Å². The second-order valence-electron chi connectivity index (χ2n) is 3.94. The molecule has 1 aliphatic heterocycles. The Balaban J connectivity index is 2.47. The van der Waals surface area contributed by atoms with Gasteiger partial charge in [0, 0.05) is 18.3 Å². The third kappa shape index (κ3) is 2.57. The average Bonchev–Trinajstić information content (AvgIpc) is 2.15. The maximum absolute atomic E-state index is 11.8. The SMILES string of the molecule is C#CCCC(=O)C1(C)CCNCC1. The molecule has 0 aromatic rings. The molecule has 1 rings (SSSR count). The highest BCUT2D eigenvalue weighted by molar-refractivity contribution is 5.84. The highest BCUT2D eigenvalue weighted by Crippen LogP contribution is 2.30. The molecule has 1 saturated heterocycles. The molecule has 0 unspecified atom stereocenters. The molecule has 1 fully saturated rings. The Bertz CT molecular complexity index is 221. The minimum Gasteiger partial charge on any atom is -0.317 e. The van der Waals surface area contributed by atoms with Crippen LogP contribution in [0.3, 0.4) is 0 Å². The molecule has 0 saturated carbocycles. The number of ketones is 1. The minimum atomic E-state index is -0.109. The molecule has 1 N–H and O–H groups in total. The van der Waals surface area contributed by atoms with Crippen molar-refractivity contribution in [3.63, 3.8) is 0 Å². The summed E-state index contributed by atoms with van der Waals surface area (Å²) >= 11 is 0. The lowest BCUT2D eigenvalue weighted by Gasteiger charge is -2.32. The lowest BCUT2D eigenvalue weighted by atomic mass is 9.76. The van der Waals surface area contributed by atoms with E-state index in [0.29, 0.717) is 18.6 Å². The molecule has 72 valence electrons. The number of hydrogen-bond acceptors (Lipinski definition) is 2. The van der Waals surface area contributed by atoms with E-state index in [-0.39, 0.29) is 5.41 Å². The summed E-state index contributed by atoms with van der Waals surface area (Å²) in [6.45, 7) is 3.98. The summed E-state index contributed by atoms with van der Waals surface area (Å²) < 4.78 is 0. The summed E-state index contributed by atoms with van der Waals surface area (Å²) in [5, 5.41) is 3.26. The molecule has 1 heterocycles. The van der Waals surface area contributed by atoms with Crippen LogP contribution in [0.25, 0.3) is 0 Å². The average molecular weight is 179 g/mol. The Labute approximate surface area is 80.1 Å². The standard InChI is InChI=1S/C11H17NO/c1-3-4-5-10(13)11(2)6-8-12-9-7-11/h1,12H,4-9H2,2H3. The summed E-state index contributed by atoms with van der Waals surface area (Å²) in [5.74, 6) is 2.86. The van der Waals surface area contributed by atoms with Crippen molar-refractivity contribution in [2.24, 2.45) is 5.41 Å². The lowest BCUT2D eigenvalue weighted by Crippen LogP contribution is -2.39. The molecule has 2 heteroatoms. The third-order valence-corrected chi connectivity index (χ3v) is 2.88. The van der Waals surface area contributed by atoms with E-state index < -0.39 is 0 Å². The van der Waals surface area contributed by atoms with Crippen molar-refractivity contribution in [2.45, 2.75) is 32.6 Å². The molecule has 0 bridgehead atoms. The van der Waals surface area contributed by atoms with Gasteiger partial charge >= 0.3 is 0 Å². The first-order valence-electron chi connectivity index (χ1n) is 4.86. The Morgan fingerprint density at radius 3 is 2.69 bits per heavy atom. The number of carbonyl (C=O) groups excluding carboxylic acids is 1. The lowest BCUT2D eigenvalue weighted by molar-refractivity contribution is -0.129. The van der Waals surface area contributed by atoms with E-state index in [1.54, 1.807) is 0 Å². The first-order chi connectivity index (χ1) is 6.19. The van der Waals surface area contributed by atoms with Gasteiger partial charge in [-0.1, -0.05) is 6.92 Å². The second kappa shape index (κ2) is 4.43. The van der Waals surface area contributed by atoms with Crippen LogP contribution in [0.1, 0.15) is 32.6 Å². The van der Waals surface area contributed by atoms with E-state index in [1.165, 1.54) is 0 Å². The van der Waals surface area contributed by atoms with Crippen molar-refractivity contribution in [1.29, 1.82) is 0 Å². The number of nitrogens with one attached hydrogen (secondary N) is 1. The summed E-state index contributed by atoms with van der Waals surface area (Å²) in [6, 6.07) is 0. The molecule has 0 amide bonds. The molecule has 1 aliphatic rings. The minimum absolute atomic E-state index is 0.109. The van der Waals surface area contributed by atoms with E-state index >= 15 is 0 Å². The number of hydrogen-bond donors (Lipinski definition) is 1. The molecule has 0 aromatic carbocycles. The van der Waals surface area contributed by atoms with Crippen molar-refractivity contribution in [2.75, 3.05) is 13.1 Å². The van der Waals surface area contributed by atoms with E-state index in [4.69, 9.17) is 6.42 Å². The first kappa shape index (κ1) is 10.3. The molecule has 0 atom stereocenters. The van der Waals surface area contributed by atoms with Crippen LogP contribution in [0.2, 0.25) is 0 Å². The van der Waals surface area contributed by atoms with Crippen molar-refractivity contribution < 1.29 is 4.79 Å². The highest BCUT2D eigenvalue weighted by atomic mass is 16.1. The van der Waals surface area contributed by atoms with Gasteiger partial charge < -0.3 is 5.32 Å². The van der Waals surface area contributed by atoms with Gasteiger partial charge in [0.05, 0.1) is 0 Å².